The highest BCUT2D eigenvalue weighted by molar-refractivity contribution is 6.00. The number of imidazole rings is 1. The zero-order valence-corrected chi connectivity index (χ0v) is 16.3. The van der Waals surface area contributed by atoms with Crippen molar-refractivity contribution in [1.82, 2.24) is 14.9 Å². The van der Waals surface area contributed by atoms with Crippen molar-refractivity contribution in [3.8, 4) is 11.1 Å². The van der Waals surface area contributed by atoms with Crippen LogP contribution < -0.4 is 5.32 Å². The fraction of sp³-hybridized carbons (Fsp3) is 0.304. The second kappa shape index (κ2) is 7.97. The Kier molecular flexibility index (Phi) is 5.37. The van der Waals surface area contributed by atoms with Gasteiger partial charge in [-0.1, -0.05) is 48.5 Å². The summed E-state index contributed by atoms with van der Waals surface area (Å²) in [5.74, 6) is -0.597. The third-order valence-electron chi connectivity index (χ3n) is 5.68. The fourth-order valence-corrected chi connectivity index (χ4v) is 4.39. The third-order valence-corrected chi connectivity index (χ3v) is 5.68. The molecule has 30 heavy (non-hydrogen) atoms. The van der Waals surface area contributed by atoms with Gasteiger partial charge in [-0.15, -0.1) is 0 Å². The van der Waals surface area contributed by atoms with E-state index in [9.17, 15) is 18.0 Å². The van der Waals surface area contributed by atoms with E-state index >= 15 is 0 Å². The van der Waals surface area contributed by atoms with Crippen molar-refractivity contribution >= 4 is 5.91 Å². The lowest BCUT2D eigenvalue weighted by atomic mass is 9.73. The summed E-state index contributed by atoms with van der Waals surface area (Å²) in [5, 5.41) is 2.16. The lowest BCUT2D eigenvalue weighted by molar-refractivity contribution is -0.141. The highest BCUT2D eigenvalue weighted by atomic mass is 19.4. The number of nitrogens with one attached hydrogen (secondary N) is 1. The summed E-state index contributed by atoms with van der Waals surface area (Å²) in [5.41, 5.74) is 2.23. The van der Waals surface area contributed by atoms with Crippen LogP contribution in [0.3, 0.4) is 0 Å². The summed E-state index contributed by atoms with van der Waals surface area (Å²) in [4.78, 5) is 17.4. The minimum atomic E-state index is -4.46. The Balaban J connectivity index is 1.68. The van der Waals surface area contributed by atoms with Crippen LogP contribution in [0.2, 0.25) is 0 Å². The first-order valence-corrected chi connectivity index (χ1v) is 9.92. The molecule has 1 aliphatic rings. The van der Waals surface area contributed by atoms with Crippen LogP contribution in [0.5, 0.6) is 0 Å². The molecule has 0 aliphatic heterocycles. The highest BCUT2D eigenvalue weighted by Crippen LogP contribution is 2.51. The van der Waals surface area contributed by atoms with Crippen molar-refractivity contribution in [2.75, 3.05) is 6.54 Å². The second-order valence-electron chi connectivity index (χ2n) is 7.55. The maximum Gasteiger partial charge on any atom is 0.405 e. The molecule has 0 bridgehead atoms. The molecule has 2 aromatic carbocycles. The molecule has 3 aromatic rings. The molecule has 7 heteroatoms. The van der Waals surface area contributed by atoms with E-state index in [-0.39, 0.29) is 0 Å². The monoisotopic (exact) mass is 413 g/mol. The number of amides is 1. The summed E-state index contributed by atoms with van der Waals surface area (Å²) in [6, 6.07) is 15.0. The Labute approximate surface area is 172 Å². The largest absolute Gasteiger partial charge is 0.405 e. The number of benzene rings is 2. The number of hydrogen-bond acceptors (Lipinski definition) is 2. The average Bonchev–Trinajstić information content (AvgIpc) is 3.35. The smallest absolute Gasteiger partial charge is 0.346 e. The van der Waals surface area contributed by atoms with Gasteiger partial charge in [0, 0.05) is 18.9 Å². The first-order chi connectivity index (χ1) is 14.4. The number of halogens is 3. The van der Waals surface area contributed by atoms with E-state index in [1.54, 1.807) is 12.5 Å². The number of carbonyl (C=O) groups excluding carboxylic acids is 1. The minimum absolute atomic E-state index is 0.430. The summed E-state index contributed by atoms with van der Waals surface area (Å²) in [6.45, 7) is -0.601. The molecule has 0 fully saturated rings. The highest BCUT2D eigenvalue weighted by Gasteiger charge is 2.49. The number of nitrogens with zero attached hydrogens (tertiary/aromatic N) is 2. The van der Waals surface area contributed by atoms with Crippen molar-refractivity contribution < 1.29 is 18.0 Å². The molecule has 1 heterocycles. The number of alkyl halides is 3. The summed E-state index contributed by atoms with van der Waals surface area (Å²) in [7, 11) is 0. The number of hydrogen-bond donors (Lipinski definition) is 1. The van der Waals surface area contributed by atoms with E-state index in [2.05, 4.69) is 10.3 Å². The van der Waals surface area contributed by atoms with Crippen molar-refractivity contribution in [1.29, 1.82) is 0 Å². The van der Waals surface area contributed by atoms with E-state index in [0.29, 0.717) is 12.8 Å². The Bertz CT molecular complexity index is 983. The number of aromatic nitrogens is 2. The molecule has 1 aliphatic carbocycles. The minimum Gasteiger partial charge on any atom is -0.346 e. The quantitative estimate of drug-likeness (QED) is 0.571. The Morgan fingerprint density at radius 2 is 1.63 bits per heavy atom. The van der Waals surface area contributed by atoms with Gasteiger partial charge < -0.3 is 9.88 Å². The molecular formula is C23H22F3N3O. The van der Waals surface area contributed by atoms with Gasteiger partial charge in [-0.2, -0.15) is 13.2 Å². The topological polar surface area (TPSA) is 46.9 Å². The first kappa shape index (κ1) is 20.2. The number of rotatable bonds is 7. The lowest BCUT2D eigenvalue weighted by Gasteiger charge is -2.31. The van der Waals surface area contributed by atoms with Gasteiger partial charge in [0.05, 0.1) is 6.33 Å². The van der Waals surface area contributed by atoms with Gasteiger partial charge in [0.2, 0.25) is 5.91 Å². The third kappa shape index (κ3) is 3.72. The van der Waals surface area contributed by atoms with Gasteiger partial charge in [-0.05, 0) is 41.5 Å². The van der Waals surface area contributed by atoms with Crippen molar-refractivity contribution in [3.05, 3.63) is 78.4 Å². The molecule has 4 rings (SSSR count). The predicted octanol–water partition coefficient (Wildman–Crippen LogP) is 4.70. The van der Waals surface area contributed by atoms with Crippen LogP contribution in [0.1, 0.15) is 30.4 Å². The maximum absolute atomic E-state index is 13.3. The molecule has 0 spiro atoms. The van der Waals surface area contributed by atoms with Crippen molar-refractivity contribution in [2.24, 2.45) is 0 Å². The van der Waals surface area contributed by atoms with E-state index in [1.807, 2.05) is 59.3 Å². The number of unbranched alkanes of at least 4 members (excludes halogenated alkanes) is 1. The van der Waals surface area contributed by atoms with Crippen molar-refractivity contribution in [3.63, 3.8) is 0 Å². The fourth-order valence-electron chi connectivity index (χ4n) is 4.39. The van der Waals surface area contributed by atoms with Crippen LogP contribution in [0.15, 0.2) is 67.3 Å². The van der Waals surface area contributed by atoms with Crippen LogP contribution in [0, 0.1) is 0 Å². The molecule has 0 saturated carbocycles. The summed E-state index contributed by atoms with van der Waals surface area (Å²) >= 11 is 0. The molecule has 0 saturated heterocycles. The normalized spacial score (nSPS) is 14.2. The van der Waals surface area contributed by atoms with E-state index in [0.717, 1.165) is 35.2 Å². The van der Waals surface area contributed by atoms with Gasteiger partial charge in [-0.3, -0.25) is 4.79 Å². The number of carbonyl (C=O) groups is 1. The van der Waals surface area contributed by atoms with Crippen LogP contribution in [0.25, 0.3) is 11.1 Å². The second-order valence-corrected chi connectivity index (χ2v) is 7.55. The van der Waals surface area contributed by atoms with E-state index in [4.69, 9.17) is 0 Å². The molecule has 0 atom stereocenters. The number of fused-ring (bicyclic) bond motifs is 3. The molecule has 1 aromatic heterocycles. The zero-order chi connectivity index (χ0) is 21.2. The standard InChI is InChI=1S/C23H22F3N3O/c24-23(25,26)15-28-21(30)22(11-5-6-13-29-14-12-27-16-29)19-9-3-1-7-17(19)18-8-2-4-10-20(18)22/h1-4,7-10,12,14,16H,5-6,11,13,15H2,(H,28,30). The summed E-state index contributed by atoms with van der Waals surface area (Å²) < 4.78 is 40.5. The van der Waals surface area contributed by atoms with Gasteiger partial charge in [0.25, 0.3) is 0 Å². The van der Waals surface area contributed by atoms with Crippen LogP contribution >= 0.6 is 0 Å². The lowest BCUT2D eigenvalue weighted by Crippen LogP contribution is -2.47. The predicted molar refractivity (Wildman–Crippen MR) is 108 cm³/mol. The van der Waals surface area contributed by atoms with Crippen LogP contribution in [-0.2, 0) is 16.8 Å². The average molecular weight is 413 g/mol. The first-order valence-electron chi connectivity index (χ1n) is 9.92. The van der Waals surface area contributed by atoms with Gasteiger partial charge in [0.1, 0.15) is 12.0 Å². The van der Waals surface area contributed by atoms with Gasteiger partial charge in [-0.25, -0.2) is 4.98 Å². The SMILES string of the molecule is O=C(NCC(F)(F)F)C1(CCCCn2ccnc2)c2ccccc2-c2ccccc21. The Morgan fingerprint density at radius 1 is 1.00 bits per heavy atom. The molecule has 4 nitrogen and oxygen atoms in total. The molecule has 0 unspecified atom stereocenters. The molecular weight excluding hydrogens is 391 g/mol. The van der Waals surface area contributed by atoms with Crippen molar-refractivity contribution in [2.45, 2.75) is 37.4 Å². The Hall–Kier alpha value is -3.09. The maximum atomic E-state index is 13.3. The molecule has 1 N–H and O–H groups in total. The molecule has 1 amide bonds. The van der Waals surface area contributed by atoms with Gasteiger partial charge >= 0.3 is 6.18 Å². The van der Waals surface area contributed by atoms with E-state index < -0.39 is 24.0 Å². The van der Waals surface area contributed by atoms with Crippen LogP contribution in [0.4, 0.5) is 13.2 Å². The van der Waals surface area contributed by atoms with Gasteiger partial charge in [0.15, 0.2) is 0 Å². The Morgan fingerprint density at radius 3 is 2.20 bits per heavy atom. The zero-order valence-electron chi connectivity index (χ0n) is 16.3. The molecule has 0 radical (unpaired) electrons. The van der Waals surface area contributed by atoms with Crippen LogP contribution in [-0.4, -0.2) is 28.2 Å². The summed E-state index contributed by atoms with van der Waals surface area (Å²) in [6.07, 6.45) is 2.73. The molecule has 156 valence electrons. The number of aryl methyl sites for hydroxylation is 1. The van der Waals surface area contributed by atoms with E-state index in [1.165, 1.54) is 0 Å².